The maximum Gasteiger partial charge on any atom is 0.242 e. The molecule has 0 saturated carbocycles. The molecule has 0 saturated heterocycles. The van der Waals surface area contributed by atoms with Gasteiger partial charge in [0.1, 0.15) is 6.04 Å². The van der Waals surface area contributed by atoms with Gasteiger partial charge in [-0.1, -0.05) is 91.0 Å². The van der Waals surface area contributed by atoms with E-state index in [4.69, 9.17) is 0 Å². The zero-order chi connectivity index (χ0) is 18.2. The van der Waals surface area contributed by atoms with Gasteiger partial charge in [-0.05, 0) is 23.6 Å². The molecule has 3 rings (SSSR count). The van der Waals surface area contributed by atoms with Crippen LogP contribution >= 0.6 is 0 Å². The first kappa shape index (κ1) is 17.9. The lowest BCUT2D eigenvalue weighted by molar-refractivity contribution is -0.123. The lowest BCUT2D eigenvalue weighted by atomic mass is 10.0. The van der Waals surface area contributed by atoms with Crippen molar-refractivity contribution < 1.29 is 4.79 Å². The molecule has 132 valence electrons. The molecule has 0 spiro atoms. The molecule has 3 nitrogen and oxygen atoms in total. The van der Waals surface area contributed by atoms with E-state index >= 15 is 0 Å². The Labute approximate surface area is 155 Å². The number of hydrogen-bond donors (Lipinski definition) is 2. The molecule has 3 aromatic rings. The van der Waals surface area contributed by atoms with Crippen LogP contribution in [0.3, 0.4) is 0 Å². The van der Waals surface area contributed by atoms with Gasteiger partial charge in [-0.3, -0.25) is 10.1 Å². The van der Waals surface area contributed by atoms with E-state index in [0.717, 1.165) is 16.7 Å². The Morgan fingerprint density at radius 2 is 1.27 bits per heavy atom. The second-order valence-electron chi connectivity index (χ2n) is 6.35. The van der Waals surface area contributed by atoms with E-state index in [2.05, 4.69) is 29.7 Å². The van der Waals surface area contributed by atoms with Crippen molar-refractivity contribution in [2.75, 3.05) is 0 Å². The first-order valence-corrected chi connectivity index (χ1v) is 8.91. The van der Waals surface area contributed by atoms with Gasteiger partial charge < -0.3 is 5.32 Å². The molecule has 0 aliphatic heterocycles. The highest BCUT2D eigenvalue weighted by Gasteiger charge is 2.22. The Morgan fingerprint density at radius 1 is 0.769 bits per heavy atom. The largest absolute Gasteiger partial charge is 0.350 e. The third-order valence-electron chi connectivity index (χ3n) is 4.42. The fraction of sp³-hybridized carbons (Fsp3) is 0.174. The fourth-order valence-corrected chi connectivity index (χ4v) is 2.94. The van der Waals surface area contributed by atoms with Crippen LogP contribution < -0.4 is 10.6 Å². The van der Waals surface area contributed by atoms with Crippen molar-refractivity contribution in [2.45, 2.75) is 25.6 Å². The SMILES string of the molecule is C[C@@H](NC(C(=O)NCc1ccccc1)c1ccccc1)c1ccccc1. The molecule has 3 heteroatoms. The van der Waals surface area contributed by atoms with Gasteiger partial charge in [-0.15, -0.1) is 0 Å². The maximum atomic E-state index is 12.9. The van der Waals surface area contributed by atoms with E-state index in [1.165, 1.54) is 0 Å². The molecule has 2 atom stereocenters. The van der Waals surface area contributed by atoms with Crippen molar-refractivity contribution in [3.05, 3.63) is 108 Å². The smallest absolute Gasteiger partial charge is 0.242 e. The standard InChI is InChI=1S/C23H24N2O/c1-18(20-13-7-3-8-14-20)25-22(21-15-9-4-10-16-21)23(26)24-17-19-11-5-2-6-12-19/h2-16,18,22,25H,17H2,1H3,(H,24,26)/t18-,22?/m1/s1. The zero-order valence-corrected chi connectivity index (χ0v) is 14.9. The van der Waals surface area contributed by atoms with Gasteiger partial charge in [-0.2, -0.15) is 0 Å². The Balaban J connectivity index is 1.74. The molecule has 1 amide bonds. The monoisotopic (exact) mass is 344 g/mol. The predicted molar refractivity (Wildman–Crippen MR) is 105 cm³/mol. The number of benzene rings is 3. The Bertz CT molecular complexity index is 803. The van der Waals surface area contributed by atoms with Crippen molar-refractivity contribution in [3.63, 3.8) is 0 Å². The first-order chi connectivity index (χ1) is 12.7. The number of carbonyl (C=O) groups excluding carboxylic acids is 1. The number of nitrogens with one attached hydrogen (secondary N) is 2. The van der Waals surface area contributed by atoms with Gasteiger partial charge in [0.2, 0.25) is 5.91 Å². The van der Waals surface area contributed by atoms with Crippen LogP contribution in [0.1, 0.15) is 35.7 Å². The van der Waals surface area contributed by atoms with Crippen molar-refractivity contribution in [1.29, 1.82) is 0 Å². The summed E-state index contributed by atoms with van der Waals surface area (Å²) in [6.07, 6.45) is 0. The molecule has 2 N–H and O–H groups in total. The molecule has 3 aromatic carbocycles. The highest BCUT2D eigenvalue weighted by molar-refractivity contribution is 5.83. The Kier molecular flexibility index (Phi) is 6.18. The minimum atomic E-state index is -0.407. The van der Waals surface area contributed by atoms with E-state index in [-0.39, 0.29) is 11.9 Å². The molecular formula is C23H24N2O. The lowest BCUT2D eigenvalue weighted by Crippen LogP contribution is -2.38. The summed E-state index contributed by atoms with van der Waals surface area (Å²) in [6.45, 7) is 2.60. The summed E-state index contributed by atoms with van der Waals surface area (Å²) in [7, 11) is 0. The molecule has 0 aliphatic carbocycles. The summed E-state index contributed by atoms with van der Waals surface area (Å²) < 4.78 is 0. The van der Waals surface area contributed by atoms with Gasteiger partial charge in [0.05, 0.1) is 0 Å². The molecule has 0 radical (unpaired) electrons. The molecule has 0 fully saturated rings. The van der Waals surface area contributed by atoms with Crippen LogP contribution in [0.15, 0.2) is 91.0 Å². The normalized spacial score (nSPS) is 13.0. The molecule has 1 unspecified atom stereocenters. The second kappa shape index (κ2) is 8.97. The van der Waals surface area contributed by atoms with Crippen LogP contribution in [0.4, 0.5) is 0 Å². The van der Waals surface area contributed by atoms with Gasteiger partial charge in [0, 0.05) is 12.6 Å². The van der Waals surface area contributed by atoms with Crippen molar-refractivity contribution in [1.82, 2.24) is 10.6 Å². The van der Waals surface area contributed by atoms with Crippen LogP contribution in [0.2, 0.25) is 0 Å². The minimum absolute atomic E-state index is 0.0252. The van der Waals surface area contributed by atoms with Crippen molar-refractivity contribution in [2.24, 2.45) is 0 Å². The summed E-state index contributed by atoms with van der Waals surface area (Å²) >= 11 is 0. The van der Waals surface area contributed by atoms with Gasteiger partial charge in [0.15, 0.2) is 0 Å². The topological polar surface area (TPSA) is 41.1 Å². The van der Waals surface area contributed by atoms with E-state index in [1.807, 2.05) is 78.9 Å². The van der Waals surface area contributed by atoms with Gasteiger partial charge in [-0.25, -0.2) is 0 Å². The number of carbonyl (C=O) groups is 1. The number of amides is 1. The summed E-state index contributed by atoms with van der Waals surface area (Å²) in [5.41, 5.74) is 3.20. The van der Waals surface area contributed by atoms with Crippen LogP contribution in [0.5, 0.6) is 0 Å². The Morgan fingerprint density at radius 3 is 1.85 bits per heavy atom. The third kappa shape index (κ3) is 4.80. The molecular weight excluding hydrogens is 320 g/mol. The summed E-state index contributed by atoms with van der Waals surface area (Å²) in [5, 5.41) is 6.53. The molecule has 26 heavy (non-hydrogen) atoms. The predicted octanol–water partition coefficient (Wildman–Crippen LogP) is 4.39. The summed E-state index contributed by atoms with van der Waals surface area (Å²) in [5.74, 6) is -0.0252. The minimum Gasteiger partial charge on any atom is -0.350 e. The van der Waals surface area contributed by atoms with Crippen LogP contribution in [0, 0.1) is 0 Å². The van der Waals surface area contributed by atoms with E-state index in [0.29, 0.717) is 6.54 Å². The average Bonchev–Trinajstić information content (AvgIpc) is 2.72. The average molecular weight is 344 g/mol. The highest BCUT2D eigenvalue weighted by Crippen LogP contribution is 2.20. The van der Waals surface area contributed by atoms with E-state index in [9.17, 15) is 4.79 Å². The Hall–Kier alpha value is -2.91. The molecule has 0 aromatic heterocycles. The maximum absolute atomic E-state index is 12.9. The zero-order valence-electron chi connectivity index (χ0n) is 14.9. The van der Waals surface area contributed by atoms with Gasteiger partial charge >= 0.3 is 0 Å². The summed E-state index contributed by atoms with van der Waals surface area (Å²) in [4.78, 5) is 12.9. The highest BCUT2D eigenvalue weighted by atomic mass is 16.2. The van der Waals surface area contributed by atoms with Crippen molar-refractivity contribution in [3.8, 4) is 0 Å². The second-order valence-corrected chi connectivity index (χ2v) is 6.35. The summed E-state index contributed by atoms with van der Waals surface area (Å²) in [6, 6.07) is 29.6. The molecule has 0 bridgehead atoms. The lowest BCUT2D eigenvalue weighted by Gasteiger charge is -2.23. The number of hydrogen-bond acceptors (Lipinski definition) is 2. The first-order valence-electron chi connectivity index (χ1n) is 8.91. The fourth-order valence-electron chi connectivity index (χ4n) is 2.94. The third-order valence-corrected chi connectivity index (χ3v) is 4.42. The quantitative estimate of drug-likeness (QED) is 0.667. The van der Waals surface area contributed by atoms with E-state index < -0.39 is 6.04 Å². The van der Waals surface area contributed by atoms with Crippen molar-refractivity contribution >= 4 is 5.91 Å². The molecule has 0 aliphatic rings. The van der Waals surface area contributed by atoms with Crippen LogP contribution in [0.25, 0.3) is 0 Å². The molecule has 0 heterocycles. The van der Waals surface area contributed by atoms with E-state index in [1.54, 1.807) is 0 Å². The number of rotatable bonds is 7. The van der Waals surface area contributed by atoms with Crippen LogP contribution in [-0.2, 0) is 11.3 Å². The van der Waals surface area contributed by atoms with Gasteiger partial charge in [0.25, 0.3) is 0 Å². The van der Waals surface area contributed by atoms with Crippen LogP contribution in [-0.4, -0.2) is 5.91 Å².